The molecule has 5 nitrogen and oxygen atoms in total. The summed E-state index contributed by atoms with van der Waals surface area (Å²) in [5.41, 5.74) is 7.88. The summed E-state index contributed by atoms with van der Waals surface area (Å²) in [6.07, 6.45) is 0.521. The minimum absolute atomic E-state index is 0.189. The summed E-state index contributed by atoms with van der Waals surface area (Å²) in [6, 6.07) is 25.7. The third kappa shape index (κ3) is 4.90. The zero-order chi connectivity index (χ0) is 21.8. The zero-order valence-corrected chi connectivity index (χ0v) is 17.0. The number of amides is 1. The van der Waals surface area contributed by atoms with E-state index in [0.29, 0.717) is 6.42 Å². The van der Waals surface area contributed by atoms with Crippen molar-refractivity contribution in [3.63, 3.8) is 0 Å². The summed E-state index contributed by atoms with van der Waals surface area (Å²) in [4.78, 5) is 24.4. The molecule has 4 aromatic rings. The Morgan fingerprint density at radius 1 is 0.742 bits per heavy atom. The second kappa shape index (κ2) is 8.98. The molecule has 1 amide bonds. The molecule has 0 fully saturated rings. The van der Waals surface area contributed by atoms with Gasteiger partial charge in [-0.05, 0) is 39.1 Å². The number of carboxylic acid groups (broad SMARTS) is 1. The van der Waals surface area contributed by atoms with Crippen molar-refractivity contribution in [1.82, 2.24) is 5.32 Å². The van der Waals surface area contributed by atoms with Gasteiger partial charge in [0.1, 0.15) is 6.04 Å². The predicted octanol–water partition coefficient (Wildman–Crippen LogP) is 3.67. The van der Waals surface area contributed by atoms with Crippen molar-refractivity contribution >= 4 is 33.4 Å². The number of nitrogens with one attached hydrogen (secondary N) is 1. The number of fused-ring (bicyclic) bond motifs is 2. The van der Waals surface area contributed by atoms with Gasteiger partial charge in [0.05, 0.1) is 6.04 Å². The molecule has 4 rings (SSSR count). The average Bonchev–Trinajstić information content (AvgIpc) is 2.78. The summed E-state index contributed by atoms with van der Waals surface area (Å²) < 4.78 is 0. The number of nitrogens with two attached hydrogens (primary N) is 1. The van der Waals surface area contributed by atoms with E-state index in [9.17, 15) is 14.7 Å². The Morgan fingerprint density at radius 2 is 1.23 bits per heavy atom. The zero-order valence-electron chi connectivity index (χ0n) is 17.0. The molecule has 2 atom stereocenters. The summed E-state index contributed by atoms with van der Waals surface area (Å²) in [5, 5.41) is 16.5. The Balaban J connectivity index is 1.43. The SMILES string of the molecule is N[C@H](Cc1ccc2ccccc2c1)C(=O)N[C@H](Cc1ccc2ccccc2c1)C(=O)O. The third-order valence-electron chi connectivity index (χ3n) is 5.47. The summed E-state index contributed by atoms with van der Waals surface area (Å²) in [6.45, 7) is 0. The van der Waals surface area contributed by atoms with E-state index in [1.54, 1.807) is 0 Å². The van der Waals surface area contributed by atoms with Crippen LogP contribution in [0.1, 0.15) is 11.1 Å². The molecule has 0 aromatic heterocycles. The number of aliphatic carboxylic acids is 1. The van der Waals surface area contributed by atoms with E-state index < -0.39 is 24.0 Å². The van der Waals surface area contributed by atoms with Gasteiger partial charge in [0.2, 0.25) is 5.91 Å². The topological polar surface area (TPSA) is 92.4 Å². The number of rotatable bonds is 7. The van der Waals surface area contributed by atoms with Gasteiger partial charge in [-0.25, -0.2) is 4.79 Å². The first-order valence-corrected chi connectivity index (χ1v) is 10.2. The number of carboxylic acids is 1. The number of hydrogen-bond donors (Lipinski definition) is 3. The number of benzene rings is 4. The molecule has 0 aliphatic heterocycles. The van der Waals surface area contributed by atoms with Gasteiger partial charge in [0, 0.05) is 6.42 Å². The Hall–Kier alpha value is -3.70. The van der Waals surface area contributed by atoms with Crippen LogP contribution in [0.3, 0.4) is 0 Å². The van der Waals surface area contributed by atoms with E-state index in [-0.39, 0.29) is 6.42 Å². The molecule has 0 heterocycles. The molecule has 0 saturated heterocycles. The lowest BCUT2D eigenvalue weighted by Gasteiger charge is -2.18. The predicted molar refractivity (Wildman–Crippen MR) is 123 cm³/mol. The number of carbonyl (C=O) groups excluding carboxylic acids is 1. The standard InChI is InChI=1S/C26H24N2O3/c27-23(15-17-9-11-19-5-1-3-7-21(19)13-17)25(29)28-24(26(30)31)16-18-10-12-20-6-2-4-8-22(20)14-18/h1-14,23-24H,15-16,27H2,(H,28,29)(H,30,31)/t23-,24-/m1/s1. The van der Waals surface area contributed by atoms with Gasteiger partial charge < -0.3 is 16.2 Å². The molecule has 4 aromatic carbocycles. The fourth-order valence-corrected chi connectivity index (χ4v) is 3.79. The molecule has 4 N–H and O–H groups in total. The van der Waals surface area contributed by atoms with Crippen molar-refractivity contribution in [2.45, 2.75) is 24.9 Å². The van der Waals surface area contributed by atoms with Crippen molar-refractivity contribution in [2.24, 2.45) is 5.73 Å². The number of carbonyl (C=O) groups is 2. The van der Waals surface area contributed by atoms with Gasteiger partial charge in [-0.15, -0.1) is 0 Å². The highest BCUT2D eigenvalue weighted by molar-refractivity contribution is 5.88. The largest absolute Gasteiger partial charge is 0.480 e. The van der Waals surface area contributed by atoms with Crippen LogP contribution in [0.25, 0.3) is 21.5 Å². The molecular formula is C26H24N2O3. The van der Waals surface area contributed by atoms with Crippen LogP contribution < -0.4 is 11.1 Å². The lowest BCUT2D eigenvalue weighted by Crippen LogP contribution is -2.50. The maximum atomic E-state index is 12.6. The molecule has 0 saturated carbocycles. The lowest BCUT2D eigenvalue weighted by molar-refractivity contribution is -0.141. The Bertz CT molecular complexity index is 1250. The molecule has 0 aliphatic rings. The maximum absolute atomic E-state index is 12.6. The van der Waals surface area contributed by atoms with Crippen LogP contribution in [-0.2, 0) is 22.4 Å². The fraction of sp³-hybridized carbons (Fsp3) is 0.154. The van der Waals surface area contributed by atoms with Crippen molar-refractivity contribution in [2.75, 3.05) is 0 Å². The van der Waals surface area contributed by atoms with E-state index in [1.807, 2.05) is 84.9 Å². The van der Waals surface area contributed by atoms with Crippen molar-refractivity contribution < 1.29 is 14.7 Å². The Labute approximate surface area is 180 Å². The second-order valence-corrected chi connectivity index (χ2v) is 7.78. The Kier molecular flexibility index (Phi) is 5.96. The molecule has 0 spiro atoms. The fourth-order valence-electron chi connectivity index (χ4n) is 3.79. The van der Waals surface area contributed by atoms with Gasteiger partial charge in [-0.3, -0.25) is 4.79 Å². The molecule has 0 unspecified atom stereocenters. The normalized spacial score (nSPS) is 13.1. The lowest BCUT2D eigenvalue weighted by atomic mass is 10.00. The van der Waals surface area contributed by atoms with E-state index in [2.05, 4.69) is 5.32 Å². The van der Waals surface area contributed by atoms with Crippen LogP contribution in [0.15, 0.2) is 84.9 Å². The molecule has 5 heteroatoms. The highest BCUT2D eigenvalue weighted by Gasteiger charge is 2.24. The molecular weight excluding hydrogens is 388 g/mol. The van der Waals surface area contributed by atoms with Crippen LogP contribution in [0.4, 0.5) is 0 Å². The highest BCUT2D eigenvalue weighted by Crippen LogP contribution is 2.18. The smallest absolute Gasteiger partial charge is 0.326 e. The summed E-state index contributed by atoms with van der Waals surface area (Å²) in [7, 11) is 0. The van der Waals surface area contributed by atoms with Gasteiger partial charge in [0.25, 0.3) is 0 Å². The molecule has 0 radical (unpaired) electrons. The third-order valence-corrected chi connectivity index (χ3v) is 5.47. The molecule has 0 bridgehead atoms. The van der Waals surface area contributed by atoms with Crippen molar-refractivity contribution in [3.8, 4) is 0 Å². The minimum atomic E-state index is -1.08. The van der Waals surface area contributed by atoms with E-state index in [4.69, 9.17) is 5.73 Å². The van der Waals surface area contributed by atoms with E-state index in [0.717, 1.165) is 32.7 Å². The van der Waals surface area contributed by atoms with Crippen LogP contribution in [-0.4, -0.2) is 29.1 Å². The van der Waals surface area contributed by atoms with Gasteiger partial charge in [0.15, 0.2) is 0 Å². The first kappa shape index (κ1) is 20.6. The monoisotopic (exact) mass is 412 g/mol. The van der Waals surface area contributed by atoms with Crippen molar-refractivity contribution in [1.29, 1.82) is 0 Å². The van der Waals surface area contributed by atoms with Crippen LogP contribution in [0.5, 0.6) is 0 Å². The first-order chi connectivity index (χ1) is 15.0. The van der Waals surface area contributed by atoms with Gasteiger partial charge in [-0.2, -0.15) is 0 Å². The first-order valence-electron chi connectivity index (χ1n) is 10.2. The quantitative estimate of drug-likeness (QED) is 0.432. The Morgan fingerprint density at radius 3 is 1.74 bits per heavy atom. The van der Waals surface area contributed by atoms with E-state index >= 15 is 0 Å². The number of hydrogen-bond acceptors (Lipinski definition) is 3. The van der Waals surface area contributed by atoms with Crippen LogP contribution in [0, 0.1) is 0 Å². The highest BCUT2D eigenvalue weighted by atomic mass is 16.4. The van der Waals surface area contributed by atoms with Gasteiger partial charge >= 0.3 is 5.97 Å². The van der Waals surface area contributed by atoms with Crippen LogP contribution in [0.2, 0.25) is 0 Å². The molecule has 156 valence electrons. The maximum Gasteiger partial charge on any atom is 0.326 e. The van der Waals surface area contributed by atoms with E-state index in [1.165, 1.54) is 0 Å². The average molecular weight is 412 g/mol. The van der Waals surface area contributed by atoms with Crippen LogP contribution >= 0.6 is 0 Å². The summed E-state index contributed by atoms with van der Waals surface area (Å²) >= 11 is 0. The van der Waals surface area contributed by atoms with Crippen molar-refractivity contribution in [3.05, 3.63) is 96.1 Å². The minimum Gasteiger partial charge on any atom is -0.480 e. The second-order valence-electron chi connectivity index (χ2n) is 7.78. The summed E-state index contributed by atoms with van der Waals surface area (Å²) in [5.74, 6) is -1.55. The van der Waals surface area contributed by atoms with Gasteiger partial charge in [-0.1, -0.05) is 84.9 Å². The molecule has 31 heavy (non-hydrogen) atoms. The molecule has 0 aliphatic carbocycles.